The zero-order chi connectivity index (χ0) is 16.8. The maximum Gasteiger partial charge on any atom is 0.248 e. The van der Waals surface area contributed by atoms with Gasteiger partial charge >= 0.3 is 0 Å². The first kappa shape index (κ1) is 17.9. The van der Waals surface area contributed by atoms with Gasteiger partial charge in [0.1, 0.15) is 6.61 Å². The van der Waals surface area contributed by atoms with Gasteiger partial charge in [-0.15, -0.1) is 0 Å². The summed E-state index contributed by atoms with van der Waals surface area (Å²) >= 11 is 0. The predicted octanol–water partition coefficient (Wildman–Crippen LogP) is 2.35. The Kier molecular flexibility index (Phi) is 6.54. The van der Waals surface area contributed by atoms with Gasteiger partial charge in [-0.2, -0.15) is 0 Å². The van der Waals surface area contributed by atoms with Crippen molar-refractivity contribution < 1.29 is 9.53 Å². The average Bonchev–Trinajstić information content (AvgIpc) is 2.93. The van der Waals surface area contributed by atoms with Crippen molar-refractivity contribution in [2.75, 3.05) is 33.8 Å². The fourth-order valence-corrected chi connectivity index (χ4v) is 3.19. The van der Waals surface area contributed by atoms with Gasteiger partial charge in [0, 0.05) is 32.0 Å². The van der Waals surface area contributed by atoms with Crippen molar-refractivity contribution >= 4 is 5.91 Å². The van der Waals surface area contributed by atoms with Crippen LogP contribution in [0.25, 0.3) is 0 Å². The highest BCUT2D eigenvalue weighted by Gasteiger charge is 2.34. The number of aromatic nitrogens is 1. The summed E-state index contributed by atoms with van der Waals surface area (Å²) in [6.45, 7) is 6.04. The topological polar surface area (TPSA) is 45.7 Å². The fourth-order valence-electron chi connectivity index (χ4n) is 3.19. The van der Waals surface area contributed by atoms with Crippen LogP contribution in [0, 0.1) is 5.92 Å². The molecule has 1 amide bonds. The molecule has 0 N–H and O–H groups in total. The highest BCUT2D eigenvalue weighted by molar-refractivity contribution is 5.77. The first-order valence-electron chi connectivity index (χ1n) is 8.48. The fraction of sp³-hybridized carbons (Fsp3) is 0.667. The Hall–Kier alpha value is -1.46. The summed E-state index contributed by atoms with van der Waals surface area (Å²) in [6.07, 6.45) is 5.89. The molecule has 0 saturated carbocycles. The molecule has 0 unspecified atom stereocenters. The third-order valence-corrected chi connectivity index (χ3v) is 4.80. The number of rotatable bonds is 7. The van der Waals surface area contributed by atoms with E-state index in [1.807, 2.05) is 31.1 Å². The molecule has 1 saturated heterocycles. The smallest absolute Gasteiger partial charge is 0.248 e. The molecule has 0 aliphatic carbocycles. The summed E-state index contributed by atoms with van der Waals surface area (Å²) in [5, 5.41) is 0. The quantitative estimate of drug-likeness (QED) is 0.774. The highest BCUT2D eigenvalue weighted by atomic mass is 16.5. The van der Waals surface area contributed by atoms with Gasteiger partial charge < -0.3 is 9.64 Å². The first-order chi connectivity index (χ1) is 11.0. The van der Waals surface area contributed by atoms with Gasteiger partial charge in [0.15, 0.2) is 0 Å². The number of likely N-dealkylation sites (tertiary alicyclic amines) is 1. The first-order valence-corrected chi connectivity index (χ1v) is 8.48. The number of amides is 1. The minimum atomic E-state index is 0.0600. The Morgan fingerprint density at radius 1 is 1.57 bits per heavy atom. The lowest BCUT2D eigenvalue weighted by Gasteiger charge is -2.29. The lowest BCUT2D eigenvalue weighted by molar-refractivity contribution is -0.137. The molecule has 1 aliphatic heterocycles. The van der Waals surface area contributed by atoms with Crippen LogP contribution < -0.4 is 0 Å². The van der Waals surface area contributed by atoms with Gasteiger partial charge in [0.05, 0.1) is 6.10 Å². The van der Waals surface area contributed by atoms with Gasteiger partial charge in [-0.3, -0.25) is 14.7 Å². The summed E-state index contributed by atoms with van der Waals surface area (Å²) in [4.78, 5) is 20.7. The van der Waals surface area contributed by atoms with E-state index < -0.39 is 0 Å². The minimum Gasteiger partial charge on any atom is -0.369 e. The molecule has 0 radical (unpaired) electrons. The van der Waals surface area contributed by atoms with Crippen molar-refractivity contribution in [3.05, 3.63) is 30.1 Å². The largest absolute Gasteiger partial charge is 0.369 e. The minimum absolute atomic E-state index is 0.0600. The summed E-state index contributed by atoms with van der Waals surface area (Å²) in [7, 11) is 4.02. The van der Waals surface area contributed by atoms with Gasteiger partial charge in [0.2, 0.25) is 5.91 Å². The van der Waals surface area contributed by atoms with E-state index in [4.69, 9.17) is 4.74 Å². The molecule has 1 aliphatic rings. The van der Waals surface area contributed by atoms with Crippen LogP contribution in [-0.2, 0) is 9.53 Å². The molecular formula is C18H29N3O2. The molecule has 1 fully saturated rings. The van der Waals surface area contributed by atoms with Gasteiger partial charge in [0.25, 0.3) is 0 Å². The van der Waals surface area contributed by atoms with Gasteiger partial charge in [-0.25, -0.2) is 0 Å². The summed E-state index contributed by atoms with van der Waals surface area (Å²) in [5.74, 6) is 0.492. The molecule has 2 rings (SSSR count). The van der Waals surface area contributed by atoms with Crippen molar-refractivity contribution in [3.63, 3.8) is 0 Å². The van der Waals surface area contributed by atoms with Crippen LogP contribution in [0.4, 0.5) is 0 Å². The Bertz CT molecular complexity index is 494. The standard InChI is InChI=1S/C18H29N3O2/c1-5-14(2)23-13-17(22)21(4)12-16-8-10-20(3)18(16)15-7-6-9-19-11-15/h6-7,9,11,14,16,18H,5,8,10,12-13H2,1-4H3/t14-,16+,18+/m1/s1. The van der Waals surface area contributed by atoms with Crippen LogP contribution in [-0.4, -0.2) is 60.6 Å². The third-order valence-electron chi connectivity index (χ3n) is 4.80. The van der Waals surface area contributed by atoms with Crippen molar-refractivity contribution in [1.82, 2.24) is 14.8 Å². The second kappa shape index (κ2) is 8.41. The van der Waals surface area contributed by atoms with Crippen molar-refractivity contribution in [1.29, 1.82) is 0 Å². The van der Waals surface area contributed by atoms with Gasteiger partial charge in [-0.1, -0.05) is 13.0 Å². The molecule has 0 bridgehead atoms. The SMILES string of the molecule is CC[C@@H](C)OCC(=O)N(C)C[C@@H]1CCN(C)[C@H]1c1cccnc1. The Balaban J connectivity index is 1.94. The summed E-state index contributed by atoms with van der Waals surface area (Å²) < 4.78 is 5.56. The normalized spacial score (nSPS) is 23.0. The number of carbonyl (C=O) groups excluding carboxylic acids is 1. The lowest BCUT2D eigenvalue weighted by atomic mass is 9.94. The monoisotopic (exact) mass is 319 g/mol. The van der Waals surface area contributed by atoms with E-state index in [9.17, 15) is 4.79 Å². The summed E-state index contributed by atoms with van der Waals surface area (Å²) in [5.41, 5.74) is 1.23. The van der Waals surface area contributed by atoms with Crippen LogP contribution in [0.3, 0.4) is 0 Å². The number of carbonyl (C=O) groups is 1. The second-order valence-corrected chi connectivity index (χ2v) is 6.56. The zero-order valence-corrected chi connectivity index (χ0v) is 14.7. The number of ether oxygens (including phenoxy) is 1. The van der Waals surface area contributed by atoms with E-state index in [2.05, 4.69) is 29.9 Å². The number of pyridine rings is 1. The molecule has 128 valence electrons. The summed E-state index contributed by atoms with van der Waals surface area (Å²) in [6, 6.07) is 4.43. The van der Waals surface area contributed by atoms with E-state index in [1.165, 1.54) is 5.56 Å². The third kappa shape index (κ3) is 4.75. The molecule has 2 heterocycles. The maximum absolute atomic E-state index is 12.3. The number of nitrogens with zero attached hydrogens (tertiary/aromatic N) is 3. The van der Waals surface area contributed by atoms with Crippen molar-refractivity contribution in [2.45, 2.75) is 38.8 Å². The lowest BCUT2D eigenvalue weighted by Crippen LogP contribution is -2.37. The molecule has 23 heavy (non-hydrogen) atoms. The van der Waals surface area contributed by atoms with Crippen LogP contribution in [0.15, 0.2) is 24.5 Å². The molecule has 5 heteroatoms. The van der Waals surface area contributed by atoms with E-state index >= 15 is 0 Å². The van der Waals surface area contributed by atoms with Gasteiger partial charge in [-0.05, 0) is 50.9 Å². The number of likely N-dealkylation sites (N-methyl/N-ethyl adjacent to an activating group) is 1. The van der Waals surface area contributed by atoms with Crippen LogP contribution in [0.2, 0.25) is 0 Å². The molecule has 0 spiro atoms. The maximum atomic E-state index is 12.3. The van der Waals surface area contributed by atoms with Crippen molar-refractivity contribution in [3.8, 4) is 0 Å². The van der Waals surface area contributed by atoms with E-state index in [-0.39, 0.29) is 18.6 Å². The predicted molar refractivity (Wildman–Crippen MR) is 91.1 cm³/mol. The van der Waals surface area contributed by atoms with Crippen LogP contribution in [0.5, 0.6) is 0 Å². The second-order valence-electron chi connectivity index (χ2n) is 6.56. The molecule has 1 aromatic rings. The average molecular weight is 319 g/mol. The molecule has 5 nitrogen and oxygen atoms in total. The number of hydrogen-bond acceptors (Lipinski definition) is 4. The van der Waals surface area contributed by atoms with E-state index in [0.717, 1.165) is 25.9 Å². The molecule has 0 aromatic carbocycles. The Labute approximate surface area is 139 Å². The van der Waals surface area contributed by atoms with Crippen LogP contribution in [0.1, 0.15) is 38.3 Å². The van der Waals surface area contributed by atoms with Crippen LogP contribution >= 0.6 is 0 Å². The highest BCUT2D eigenvalue weighted by Crippen LogP contribution is 2.36. The molecular weight excluding hydrogens is 290 g/mol. The zero-order valence-electron chi connectivity index (χ0n) is 14.7. The molecule has 3 atom stereocenters. The van der Waals surface area contributed by atoms with E-state index in [1.54, 1.807) is 6.20 Å². The van der Waals surface area contributed by atoms with Crippen molar-refractivity contribution in [2.24, 2.45) is 5.92 Å². The Morgan fingerprint density at radius 2 is 2.35 bits per heavy atom. The Morgan fingerprint density at radius 3 is 3.00 bits per heavy atom. The van der Waals surface area contributed by atoms with E-state index in [0.29, 0.717) is 12.0 Å². The number of hydrogen-bond donors (Lipinski definition) is 0. The molecule has 1 aromatic heterocycles.